The number of carbonyl (C=O) groups is 1. The van der Waals surface area contributed by atoms with Gasteiger partial charge < -0.3 is 5.11 Å². The zero-order valence-electron chi connectivity index (χ0n) is 10.7. The van der Waals surface area contributed by atoms with E-state index in [0.717, 1.165) is 18.4 Å². The average Bonchev–Trinajstić information content (AvgIpc) is 2.30. The Balaban J connectivity index is 2.63. The third kappa shape index (κ3) is 4.19. The summed E-state index contributed by atoms with van der Waals surface area (Å²) in [4.78, 5) is 10.7. The molecule has 0 spiro atoms. The second-order valence-corrected chi connectivity index (χ2v) is 4.44. The number of aliphatic carboxylic acids is 1. The average molecular weight is 235 g/mol. The van der Waals surface area contributed by atoms with Crippen molar-refractivity contribution >= 4 is 5.97 Å². The molecule has 0 aliphatic rings. The number of carboxylic acids is 1. The predicted molar refractivity (Wildman–Crippen MR) is 69.1 cm³/mol. The van der Waals surface area contributed by atoms with Crippen LogP contribution in [0.5, 0.6) is 0 Å². The van der Waals surface area contributed by atoms with Gasteiger partial charge in [-0.15, -0.1) is 0 Å². The van der Waals surface area contributed by atoms with E-state index in [1.54, 1.807) is 6.92 Å². The second-order valence-electron chi connectivity index (χ2n) is 4.44. The third-order valence-electron chi connectivity index (χ3n) is 2.89. The van der Waals surface area contributed by atoms with E-state index >= 15 is 0 Å². The SMILES string of the molecule is CCCc1ccc(C(C)NC(C)C(=O)O)cc1. The molecule has 0 fully saturated rings. The molecular formula is C14H21NO2. The molecule has 0 bridgehead atoms. The van der Waals surface area contributed by atoms with Crippen LogP contribution in [0.4, 0.5) is 0 Å². The van der Waals surface area contributed by atoms with Crippen molar-refractivity contribution in [3.05, 3.63) is 35.4 Å². The summed E-state index contributed by atoms with van der Waals surface area (Å²) in [7, 11) is 0. The highest BCUT2D eigenvalue weighted by molar-refractivity contribution is 5.72. The third-order valence-corrected chi connectivity index (χ3v) is 2.89. The summed E-state index contributed by atoms with van der Waals surface area (Å²) in [5.41, 5.74) is 2.45. The van der Waals surface area contributed by atoms with Gasteiger partial charge in [0.2, 0.25) is 0 Å². The molecule has 1 rings (SSSR count). The molecule has 3 heteroatoms. The highest BCUT2D eigenvalue weighted by atomic mass is 16.4. The molecule has 0 saturated heterocycles. The largest absolute Gasteiger partial charge is 0.480 e. The minimum Gasteiger partial charge on any atom is -0.480 e. The number of rotatable bonds is 6. The predicted octanol–water partition coefficient (Wildman–Crippen LogP) is 2.76. The number of hydrogen-bond acceptors (Lipinski definition) is 2. The van der Waals surface area contributed by atoms with Gasteiger partial charge in [0, 0.05) is 6.04 Å². The Morgan fingerprint density at radius 3 is 2.35 bits per heavy atom. The summed E-state index contributed by atoms with van der Waals surface area (Å²) in [6.45, 7) is 5.80. The molecule has 2 unspecified atom stereocenters. The van der Waals surface area contributed by atoms with E-state index in [-0.39, 0.29) is 6.04 Å². The maximum atomic E-state index is 10.7. The molecule has 94 valence electrons. The smallest absolute Gasteiger partial charge is 0.320 e. The van der Waals surface area contributed by atoms with Gasteiger partial charge in [-0.2, -0.15) is 0 Å². The number of carboxylic acid groups (broad SMARTS) is 1. The standard InChI is InChI=1S/C14H21NO2/c1-4-5-12-6-8-13(9-7-12)10(2)15-11(3)14(16)17/h6-11,15H,4-5H2,1-3H3,(H,16,17). The quantitative estimate of drug-likeness (QED) is 0.797. The topological polar surface area (TPSA) is 49.3 Å². The van der Waals surface area contributed by atoms with Gasteiger partial charge in [-0.1, -0.05) is 37.6 Å². The summed E-state index contributed by atoms with van der Waals surface area (Å²) in [5.74, 6) is -0.820. The maximum Gasteiger partial charge on any atom is 0.320 e. The van der Waals surface area contributed by atoms with Gasteiger partial charge in [0.25, 0.3) is 0 Å². The Hall–Kier alpha value is -1.35. The van der Waals surface area contributed by atoms with Gasteiger partial charge in [0.15, 0.2) is 0 Å². The Morgan fingerprint density at radius 2 is 1.88 bits per heavy atom. The van der Waals surface area contributed by atoms with E-state index in [0.29, 0.717) is 0 Å². The maximum absolute atomic E-state index is 10.7. The molecule has 1 aromatic carbocycles. The summed E-state index contributed by atoms with van der Waals surface area (Å²) in [6.07, 6.45) is 2.23. The summed E-state index contributed by atoms with van der Waals surface area (Å²) >= 11 is 0. The molecular weight excluding hydrogens is 214 g/mol. The van der Waals surface area contributed by atoms with Crippen molar-refractivity contribution in [2.45, 2.75) is 45.7 Å². The number of nitrogens with one attached hydrogen (secondary N) is 1. The van der Waals surface area contributed by atoms with Crippen molar-refractivity contribution < 1.29 is 9.90 Å². The Morgan fingerprint density at radius 1 is 1.29 bits per heavy atom. The molecule has 2 atom stereocenters. The van der Waals surface area contributed by atoms with Crippen LogP contribution in [0.2, 0.25) is 0 Å². The highest BCUT2D eigenvalue weighted by Crippen LogP contribution is 2.14. The molecule has 17 heavy (non-hydrogen) atoms. The van der Waals surface area contributed by atoms with Gasteiger partial charge in [0.1, 0.15) is 6.04 Å². The van der Waals surface area contributed by atoms with E-state index in [1.165, 1.54) is 5.56 Å². The first-order chi connectivity index (χ1) is 8.04. The van der Waals surface area contributed by atoms with Crippen LogP contribution in [0.15, 0.2) is 24.3 Å². The van der Waals surface area contributed by atoms with Gasteiger partial charge in [-0.3, -0.25) is 10.1 Å². The van der Waals surface area contributed by atoms with Crippen molar-refractivity contribution in [1.82, 2.24) is 5.32 Å². The monoisotopic (exact) mass is 235 g/mol. The van der Waals surface area contributed by atoms with Crippen LogP contribution in [0.3, 0.4) is 0 Å². The van der Waals surface area contributed by atoms with Crippen molar-refractivity contribution in [1.29, 1.82) is 0 Å². The Labute approximate surface area is 103 Å². The highest BCUT2D eigenvalue weighted by Gasteiger charge is 2.14. The van der Waals surface area contributed by atoms with E-state index in [1.807, 2.05) is 6.92 Å². The lowest BCUT2D eigenvalue weighted by molar-refractivity contribution is -0.139. The summed E-state index contributed by atoms with van der Waals surface area (Å²) < 4.78 is 0. The summed E-state index contributed by atoms with van der Waals surface area (Å²) in [5, 5.41) is 11.9. The van der Waals surface area contributed by atoms with Crippen LogP contribution in [0, 0.1) is 0 Å². The normalized spacial score (nSPS) is 14.3. The minimum atomic E-state index is -0.820. The molecule has 0 aliphatic heterocycles. The van der Waals surface area contributed by atoms with E-state index in [4.69, 9.17) is 5.11 Å². The summed E-state index contributed by atoms with van der Waals surface area (Å²) in [6, 6.07) is 7.89. The lowest BCUT2D eigenvalue weighted by Gasteiger charge is -2.17. The molecule has 3 nitrogen and oxygen atoms in total. The second kappa shape index (κ2) is 6.40. The molecule has 0 amide bonds. The first kappa shape index (κ1) is 13.7. The molecule has 1 aromatic rings. The van der Waals surface area contributed by atoms with E-state index in [9.17, 15) is 4.79 Å². The fourth-order valence-corrected chi connectivity index (χ4v) is 1.80. The van der Waals surface area contributed by atoms with Crippen molar-refractivity contribution in [2.24, 2.45) is 0 Å². The van der Waals surface area contributed by atoms with Crippen LogP contribution >= 0.6 is 0 Å². The lowest BCUT2D eigenvalue weighted by Crippen LogP contribution is -2.35. The van der Waals surface area contributed by atoms with Gasteiger partial charge in [-0.25, -0.2) is 0 Å². The zero-order chi connectivity index (χ0) is 12.8. The number of hydrogen-bond donors (Lipinski definition) is 2. The molecule has 0 aromatic heterocycles. The Bertz CT molecular complexity index is 359. The minimum absolute atomic E-state index is 0.0526. The molecule has 0 saturated carbocycles. The first-order valence-corrected chi connectivity index (χ1v) is 6.12. The fourth-order valence-electron chi connectivity index (χ4n) is 1.80. The van der Waals surface area contributed by atoms with Gasteiger partial charge >= 0.3 is 5.97 Å². The van der Waals surface area contributed by atoms with E-state index in [2.05, 4.69) is 36.5 Å². The zero-order valence-corrected chi connectivity index (χ0v) is 10.7. The van der Waals surface area contributed by atoms with Crippen LogP contribution in [0.1, 0.15) is 44.4 Å². The van der Waals surface area contributed by atoms with Crippen molar-refractivity contribution in [2.75, 3.05) is 0 Å². The van der Waals surface area contributed by atoms with Crippen LogP contribution in [-0.4, -0.2) is 17.1 Å². The van der Waals surface area contributed by atoms with E-state index < -0.39 is 12.0 Å². The number of aryl methyl sites for hydroxylation is 1. The first-order valence-electron chi connectivity index (χ1n) is 6.12. The van der Waals surface area contributed by atoms with Crippen LogP contribution < -0.4 is 5.32 Å². The molecule has 0 aliphatic carbocycles. The molecule has 0 heterocycles. The number of benzene rings is 1. The molecule has 2 N–H and O–H groups in total. The van der Waals surface area contributed by atoms with Crippen LogP contribution in [-0.2, 0) is 11.2 Å². The van der Waals surface area contributed by atoms with Crippen molar-refractivity contribution in [3.63, 3.8) is 0 Å². The van der Waals surface area contributed by atoms with Crippen LogP contribution in [0.25, 0.3) is 0 Å². The van der Waals surface area contributed by atoms with Crippen molar-refractivity contribution in [3.8, 4) is 0 Å². The Kier molecular flexibility index (Phi) is 5.16. The van der Waals surface area contributed by atoms with Gasteiger partial charge in [-0.05, 0) is 31.4 Å². The van der Waals surface area contributed by atoms with Gasteiger partial charge in [0.05, 0.1) is 0 Å². The fraction of sp³-hybridized carbons (Fsp3) is 0.500. The lowest BCUT2D eigenvalue weighted by atomic mass is 10.0. The molecule has 0 radical (unpaired) electrons.